The Morgan fingerprint density at radius 2 is 2.33 bits per heavy atom. The average Bonchev–Trinajstić information content (AvgIpc) is 2.04. The molecule has 1 heterocycles. The van der Waals surface area contributed by atoms with Gasteiger partial charge in [0.05, 0.1) is 5.92 Å². The molecular weight excluding hydrogens is 156 g/mol. The van der Waals surface area contributed by atoms with Crippen LogP contribution in [0, 0.1) is 0 Å². The number of carbonyl (C=O) groups is 1. The first-order valence-corrected chi connectivity index (χ1v) is 3.55. The highest BCUT2D eigenvalue weighted by Gasteiger charge is 2.11. The van der Waals surface area contributed by atoms with E-state index in [4.69, 9.17) is 10.8 Å². The smallest absolute Gasteiger partial charge is 0.224 e. The summed E-state index contributed by atoms with van der Waals surface area (Å²) in [5.74, 6) is -0.823. The summed E-state index contributed by atoms with van der Waals surface area (Å²) in [4.78, 5) is 14.3. The van der Waals surface area contributed by atoms with Gasteiger partial charge in [-0.15, -0.1) is 0 Å². The average molecular weight is 166 g/mol. The van der Waals surface area contributed by atoms with Gasteiger partial charge >= 0.3 is 0 Å². The fraction of sp³-hybridized carbons (Fsp3) is 0.250. The lowest BCUT2D eigenvalue weighted by Crippen LogP contribution is -2.18. The largest absolute Gasteiger partial charge is 0.493 e. The third-order valence-corrected chi connectivity index (χ3v) is 1.70. The first kappa shape index (κ1) is 8.52. The van der Waals surface area contributed by atoms with Crippen LogP contribution in [0.1, 0.15) is 18.4 Å². The summed E-state index contributed by atoms with van der Waals surface area (Å²) in [5.41, 5.74) is 5.79. The van der Waals surface area contributed by atoms with Crippen molar-refractivity contribution in [2.75, 3.05) is 0 Å². The van der Waals surface area contributed by atoms with Crippen LogP contribution in [0.25, 0.3) is 0 Å². The molecule has 0 radical (unpaired) electrons. The van der Waals surface area contributed by atoms with E-state index in [1.54, 1.807) is 13.0 Å². The molecule has 0 aliphatic rings. The third-order valence-electron chi connectivity index (χ3n) is 1.70. The van der Waals surface area contributed by atoms with Gasteiger partial charge in [-0.3, -0.25) is 4.79 Å². The predicted molar refractivity (Wildman–Crippen MR) is 43.5 cm³/mol. The van der Waals surface area contributed by atoms with E-state index >= 15 is 0 Å². The fourth-order valence-corrected chi connectivity index (χ4v) is 0.818. The number of nitrogens with two attached hydrogens (primary N) is 1. The summed E-state index contributed by atoms with van der Waals surface area (Å²) in [6.45, 7) is 1.69. The fourth-order valence-electron chi connectivity index (χ4n) is 0.818. The van der Waals surface area contributed by atoms with Crippen molar-refractivity contribution in [2.45, 2.75) is 12.8 Å². The third kappa shape index (κ3) is 1.72. The van der Waals surface area contributed by atoms with Crippen LogP contribution >= 0.6 is 0 Å². The summed E-state index contributed by atoms with van der Waals surface area (Å²) >= 11 is 0. The molecule has 12 heavy (non-hydrogen) atoms. The molecule has 1 atom stereocenters. The molecule has 0 aliphatic carbocycles. The number of aromatic hydroxyl groups is 1. The molecule has 3 N–H and O–H groups in total. The highest BCUT2D eigenvalue weighted by molar-refractivity contribution is 5.81. The molecule has 0 aromatic carbocycles. The highest BCUT2D eigenvalue weighted by Crippen LogP contribution is 2.14. The number of rotatable bonds is 2. The van der Waals surface area contributed by atoms with Crippen molar-refractivity contribution in [1.82, 2.24) is 4.98 Å². The second-order valence-electron chi connectivity index (χ2n) is 2.57. The lowest BCUT2D eigenvalue weighted by Gasteiger charge is -2.05. The van der Waals surface area contributed by atoms with Gasteiger partial charge < -0.3 is 10.8 Å². The predicted octanol–water partition coefficient (Wildman–Crippen LogP) is 0.376. The Labute approximate surface area is 70.0 Å². The normalized spacial score (nSPS) is 12.4. The zero-order valence-corrected chi connectivity index (χ0v) is 6.69. The standard InChI is InChI=1S/C8H10N2O2/c1-5(8(9)12)6-2-3-7(11)10-4-6/h2-5H,1H3,(H2,9,12)(H,10,11). The number of hydrogen-bond acceptors (Lipinski definition) is 3. The van der Waals surface area contributed by atoms with Gasteiger partial charge in [-0.05, 0) is 12.5 Å². The number of primary amides is 1. The van der Waals surface area contributed by atoms with Gasteiger partial charge in [-0.25, -0.2) is 4.98 Å². The molecule has 0 aliphatic heterocycles. The van der Waals surface area contributed by atoms with E-state index in [2.05, 4.69) is 4.98 Å². The lowest BCUT2D eigenvalue weighted by atomic mass is 10.0. The maximum atomic E-state index is 10.7. The number of nitrogens with zero attached hydrogens (tertiary/aromatic N) is 1. The molecule has 1 unspecified atom stereocenters. The summed E-state index contributed by atoms with van der Waals surface area (Å²) < 4.78 is 0. The van der Waals surface area contributed by atoms with Crippen molar-refractivity contribution in [2.24, 2.45) is 5.73 Å². The molecule has 4 heteroatoms. The van der Waals surface area contributed by atoms with Crippen LogP contribution < -0.4 is 5.73 Å². The van der Waals surface area contributed by atoms with Gasteiger partial charge in [0.1, 0.15) is 0 Å². The topological polar surface area (TPSA) is 76.2 Å². The quantitative estimate of drug-likeness (QED) is 0.666. The van der Waals surface area contributed by atoms with Crippen LogP contribution in [-0.2, 0) is 4.79 Å². The van der Waals surface area contributed by atoms with E-state index in [9.17, 15) is 4.79 Å². The number of amides is 1. The van der Waals surface area contributed by atoms with Gasteiger partial charge in [0.2, 0.25) is 11.8 Å². The SMILES string of the molecule is CC(C(N)=O)c1ccc(O)nc1. The van der Waals surface area contributed by atoms with E-state index < -0.39 is 5.91 Å². The Balaban J connectivity index is 2.89. The van der Waals surface area contributed by atoms with Crippen LogP contribution in [0.5, 0.6) is 5.88 Å². The number of hydrogen-bond donors (Lipinski definition) is 2. The van der Waals surface area contributed by atoms with Crippen molar-refractivity contribution < 1.29 is 9.90 Å². The second kappa shape index (κ2) is 3.21. The maximum Gasteiger partial charge on any atom is 0.224 e. The van der Waals surface area contributed by atoms with E-state index in [-0.39, 0.29) is 11.8 Å². The van der Waals surface area contributed by atoms with Gasteiger partial charge in [-0.2, -0.15) is 0 Å². The molecule has 0 spiro atoms. The minimum Gasteiger partial charge on any atom is -0.493 e. The van der Waals surface area contributed by atoms with Crippen LogP contribution in [-0.4, -0.2) is 16.0 Å². The van der Waals surface area contributed by atoms with Crippen molar-refractivity contribution >= 4 is 5.91 Å². The summed E-state index contributed by atoms with van der Waals surface area (Å²) in [7, 11) is 0. The van der Waals surface area contributed by atoms with Gasteiger partial charge in [-0.1, -0.05) is 6.07 Å². The molecule has 0 fully saturated rings. The molecule has 1 aromatic heterocycles. The van der Waals surface area contributed by atoms with Crippen molar-refractivity contribution in [3.8, 4) is 5.88 Å². The Morgan fingerprint density at radius 1 is 1.67 bits per heavy atom. The van der Waals surface area contributed by atoms with Crippen LogP contribution in [0.15, 0.2) is 18.3 Å². The van der Waals surface area contributed by atoms with Crippen molar-refractivity contribution in [3.63, 3.8) is 0 Å². The maximum absolute atomic E-state index is 10.7. The van der Waals surface area contributed by atoms with Crippen LogP contribution in [0.4, 0.5) is 0 Å². The lowest BCUT2D eigenvalue weighted by molar-refractivity contribution is -0.119. The van der Waals surface area contributed by atoms with E-state index in [1.165, 1.54) is 12.3 Å². The highest BCUT2D eigenvalue weighted by atomic mass is 16.3. The summed E-state index contributed by atoms with van der Waals surface area (Å²) in [6.07, 6.45) is 1.44. The molecule has 0 saturated heterocycles. The van der Waals surface area contributed by atoms with Gasteiger partial charge in [0, 0.05) is 12.3 Å². The molecule has 0 saturated carbocycles. The molecular formula is C8H10N2O2. The van der Waals surface area contributed by atoms with Crippen LogP contribution in [0.2, 0.25) is 0 Å². The van der Waals surface area contributed by atoms with Crippen molar-refractivity contribution in [1.29, 1.82) is 0 Å². The van der Waals surface area contributed by atoms with Gasteiger partial charge in [0.25, 0.3) is 0 Å². The van der Waals surface area contributed by atoms with E-state index in [1.807, 2.05) is 0 Å². The molecule has 1 aromatic rings. The molecule has 1 rings (SSSR count). The molecule has 0 bridgehead atoms. The zero-order valence-electron chi connectivity index (χ0n) is 6.69. The zero-order chi connectivity index (χ0) is 9.14. The number of aromatic nitrogens is 1. The molecule has 64 valence electrons. The Morgan fingerprint density at radius 3 is 2.75 bits per heavy atom. The Hall–Kier alpha value is -1.58. The van der Waals surface area contributed by atoms with Gasteiger partial charge in [0.15, 0.2) is 0 Å². The summed E-state index contributed by atoms with van der Waals surface area (Å²) in [5, 5.41) is 8.85. The molecule has 1 amide bonds. The van der Waals surface area contributed by atoms with E-state index in [0.717, 1.165) is 0 Å². The summed E-state index contributed by atoms with van der Waals surface area (Å²) in [6, 6.07) is 3.05. The first-order valence-electron chi connectivity index (χ1n) is 3.55. The number of pyridine rings is 1. The van der Waals surface area contributed by atoms with Crippen LogP contribution in [0.3, 0.4) is 0 Å². The second-order valence-corrected chi connectivity index (χ2v) is 2.57. The monoisotopic (exact) mass is 166 g/mol. The minimum absolute atomic E-state index is 0.0598. The van der Waals surface area contributed by atoms with E-state index in [0.29, 0.717) is 5.56 Å². The number of carbonyl (C=O) groups excluding carboxylic acids is 1. The first-order chi connectivity index (χ1) is 5.61. The Bertz CT molecular complexity index is 282. The Kier molecular flexibility index (Phi) is 2.28. The minimum atomic E-state index is -0.400. The molecule has 4 nitrogen and oxygen atoms in total. The van der Waals surface area contributed by atoms with Crippen molar-refractivity contribution in [3.05, 3.63) is 23.9 Å².